The number of nitrogens with zero attached hydrogens (tertiary/aromatic N) is 3. The Balaban J connectivity index is 1.66. The lowest BCUT2D eigenvalue weighted by atomic mass is 9.98. The summed E-state index contributed by atoms with van der Waals surface area (Å²) in [4.78, 5) is 28.2. The van der Waals surface area contributed by atoms with E-state index < -0.39 is 0 Å². The Labute approximate surface area is 163 Å². The molecule has 2 fully saturated rings. The van der Waals surface area contributed by atoms with Gasteiger partial charge in [0.05, 0.1) is 15.9 Å². The average molecular weight is 389 g/mol. The molecule has 2 saturated heterocycles. The highest BCUT2D eigenvalue weighted by Crippen LogP contribution is 2.34. The number of carbonyl (C=O) groups is 1. The molecule has 0 spiro atoms. The number of benzene rings is 1. The maximum atomic E-state index is 12.9. The molecule has 4 rings (SSSR count). The van der Waals surface area contributed by atoms with Gasteiger partial charge in [0.2, 0.25) is 5.43 Å². The smallest absolute Gasteiger partial charge is 0.276 e. The molecule has 0 aliphatic carbocycles. The van der Waals surface area contributed by atoms with E-state index in [9.17, 15) is 9.59 Å². The van der Waals surface area contributed by atoms with E-state index in [0.29, 0.717) is 34.6 Å². The quantitative estimate of drug-likeness (QED) is 0.874. The highest BCUT2D eigenvalue weighted by molar-refractivity contribution is 6.35. The third kappa shape index (κ3) is 3.25. The van der Waals surface area contributed by atoms with Crippen molar-refractivity contribution in [3.8, 4) is 0 Å². The van der Waals surface area contributed by atoms with E-state index in [1.807, 2.05) is 6.92 Å². The summed E-state index contributed by atoms with van der Waals surface area (Å²) in [5.74, 6) is -0.374. The fraction of sp³-hybridized carbons (Fsp3) is 0.550. The van der Waals surface area contributed by atoms with Crippen molar-refractivity contribution in [1.29, 1.82) is 0 Å². The molecule has 1 N–H and O–H groups in total. The molecule has 3 heterocycles. The first kappa shape index (κ1) is 18.4. The summed E-state index contributed by atoms with van der Waals surface area (Å²) in [6, 6.07) is 6.33. The van der Waals surface area contributed by atoms with E-state index in [4.69, 9.17) is 11.6 Å². The Hall–Kier alpha value is -1.92. The monoisotopic (exact) mass is 388 g/mol. The molecule has 0 radical (unpaired) electrons. The van der Waals surface area contributed by atoms with E-state index in [1.54, 1.807) is 22.9 Å². The first-order valence-corrected chi connectivity index (χ1v) is 10.1. The summed E-state index contributed by atoms with van der Waals surface area (Å²) in [6.07, 6.45) is 5.06. The van der Waals surface area contributed by atoms with Gasteiger partial charge in [0.1, 0.15) is 0 Å². The fourth-order valence-electron chi connectivity index (χ4n) is 4.61. The van der Waals surface area contributed by atoms with Gasteiger partial charge in [-0.1, -0.05) is 24.6 Å². The van der Waals surface area contributed by atoms with Gasteiger partial charge < -0.3 is 10.2 Å². The van der Waals surface area contributed by atoms with Gasteiger partial charge >= 0.3 is 0 Å². The van der Waals surface area contributed by atoms with Crippen LogP contribution in [0, 0.1) is 0 Å². The molecule has 6 nitrogen and oxygen atoms in total. The van der Waals surface area contributed by atoms with Crippen molar-refractivity contribution in [2.45, 2.75) is 63.7 Å². The van der Waals surface area contributed by atoms with Crippen LogP contribution in [-0.4, -0.2) is 45.8 Å². The summed E-state index contributed by atoms with van der Waals surface area (Å²) in [5, 5.41) is 8.37. The van der Waals surface area contributed by atoms with Crippen molar-refractivity contribution in [2.24, 2.45) is 0 Å². The van der Waals surface area contributed by atoms with Crippen LogP contribution in [0.2, 0.25) is 5.02 Å². The minimum absolute atomic E-state index is 0.0375. The van der Waals surface area contributed by atoms with E-state index in [-0.39, 0.29) is 23.1 Å². The number of carbonyl (C=O) groups excluding carboxylic acids is 1. The highest BCUT2D eigenvalue weighted by atomic mass is 35.5. The number of fused-ring (bicyclic) bond motifs is 3. The van der Waals surface area contributed by atoms with E-state index in [1.165, 1.54) is 12.8 Å². The number of piperidine rings is 1. The number of nitrogens with one attached hydrogen (secondary N) is 1. The standard InChI is InChI=1S/C20H25ClN4O2/c1-3-9-25-18-15(5-4-6-16(18)21)19(26)17(23-25)20(27)22-12-10-13-7-8-14(11-12)24(13)2/h4-6,12-14H,3,7-11H2,1-2H3,(H,22,27). The Bertz CT molecular complexity index is 927. The minimum atomic E-state index is -0.374. The molecule has 2 bridgehead atoms. The predicted molar refractivity (Wildman–Crippen MR) is 106 cm³/mol. The normalized spacial score (nSPS) is 25.1. The number of hydrogen-bond acceptors (Lipinski definition) is 4. The molecule has 2 aliphatic heterocycles. The van der Waals surface area contributed by atoms with Gasteiger partial charge in [0.15, 0.2) is 5.69 Å². The van der Waals surface area contributed by atoms with Crippen LogP contribution in [0.25, 0.3) is 10.9 Å². The van der Waals surface area contributed by atoms with Gasteiger partial charge in [-0.25, -0.2) is 0 Å². The van der Waals surface area contributed by atoms with Crippen molar-refractivity contribution in [3.05, 3.63) is 39.1 Å². The summed E-state index contributed by atoms with van der Waals surface area (Å²) in [7, 11) is 2.17. The first-order chi connectivity index (χ1) is 13.0. The second kappa shape index (κ2) is 7.24. The number of para-hydroxylation sites is 1. The third-order valence-corrected chi connectivity index (χ3v) is 6.31. The average Bonchev–Trinajstić information content (AvgIpc) is 2.85. The van der Waals surface area contributed by atoms with Crippen LogP contribution in [-0.2, 0) is 6.54 Å². The van der Waals surface area contributed by atoms with E-state index in [2.05, 4.69) is 22.4 Å². The first-order valence-electron chi connectivity index (χ1n) is 9.71. The van der Waals surface area contributed by atoms with Crippen LogP contribution in [0.3, 0.4) is 0 Å². The van der Waals surface area contributed by atoms with Crippen LogP contribution in [0.15, 0.2) is 23.0 Å². The van der Waals surface area contributed by atoms with Crippen molar-refractivity contribution in [2.75, 3.05) is 7.05 Å². The molecule has 2 atom stereocenters. The SMILES string of the molecule is CCCn1nc(C(=O)NC2CC3CCC(C2)N3C)c(=O)c2cccc(Cl)c21. The number of amides is 1. The zero-order chi connectivity index (χ0) is 19.1. The van der Waals surface area contributed by atoms with Crippen LogP contribution in [0.4, 0.5) is 0 Å². The molecular formula is C20H25ClN4O2. The summed E-state index contributed by atoms with van der Waals surface area (Å²) in [5.41, 5.74) is 0.206. The molecule has 2 unspecified atom stereocenters. The van der Waals surface area contributed by atoms with Crippen LogP contribution >= 0.6 is 11.6 Å². The molecule has 144 valence electrons. The molecule has 1 aromatic carbocycles. The maximum absolute atomic E-state index is 12.9. The second-order valence-electron chi connectivity index (χ2n) is 7.73. The van der Waals surface area contributed by atoms with Crippen molar-refractivity contribution in [3.63, 3.8) is 0 Å². The van der Waals surface area contributed by atoms with Crippen molar-refractivity contribution < 1.29 is 4.79 Å². The molecule has 0 saturated carbocycles. The lowest BCUT2D eigenvalue weighted by Crippen LogP contribution is -2.49. The summed E-state index contributed by atoms with van der Waals surface area (Å²) < 4.78 is 1.69. The van der Waals surface area contributed by atoms with Gasteiger partial charge in [0, 0.05) is 24.7 Å². The Kier molecular flexibility index (Phi) is 4.95. The molecule has 1 aromatic heterocycles. The Morgan fingerprint density at radius 2 is 2.00 bits per heavy atom. The van der Waals surface area contributed by atoms with E-state index >= 15 is 0 Å². The molecule has 2 aromatic rings. The number of aryl methyl sites for hydroxylation is 1. The lowest BCUT2D eigenvalue weighted by molar-refractivity contribution is 0.0874. The van der Waals surface area contributed by atoms with E-state index in [0.717, 1.165) is 19.3 Å². The molecule has 1 amide bonds. The molecule has 7 heteroatoms. The van der Waals surface area contributed by atoms with Gasteiger partial charge in [-0.05, 0) is 51.3 Å². The Morgan fingerprint density at radius 3 is 2.67 bits per heavy atom. The van der Waals surface area contributed by atoms with Gasteiger partial charge in [-0.3, -0.25) is 14.3 Å². The van der Waals surface area contributed by atoms with Gasteiger partial charge in [-0.15, -0.1) is 0 Å². The third-order valence-electron chi connectivity index (χ3n) is 6.01. The van der Waals surface area contributed by atoms with Crippen LogP contribution in [0.5, 0.6) is 0 Å². The number of hydrogen-bond donors (Lipinski definition) is 1. The predicted octanol–water partition coefficient (Wildman–Crippen LogP) is 2.81. The Morgan fingerprint density at radius 1 is 1.30 bits per heavy atom. The number of rotatable bonds is 4. The summed E-state index contributed by atoms with van der Waals surface area (Å²) in [6.45, 7) is 2.62. The number of aromatic nitrogens is 2. The fourth-order valence-corrected chi connectivity index (χ4v) is 4.88. The molecular weight excluding hydrogens is 364 g/mol. The van der Waals surface area contributed by atoms with Gasteiger partial charge in [-0.2, -0.15) is 5.10 Å². The largest absolute Gasteiger partial charge is 0.348 e. The highest BCUT2D eigenvalue weighted by Gasteiger charge is 2.39. The minimum Gasteiger partial charge on any atom is -0.348 e. The van der Waals surface area contributed by atoms with Crippen LogP contribution in [0.1, 0.15) is 49.5 Å². The second-order valence-corrected chi connectivity index (χ2v) is 8.14. The maximum Gasteiger partial charge on any atom is 0.276 e. The van der Waals surface area contributed by atoms with Gasteiger partial charge in [0.25, 0.3) is 5.91 Å². The topological polar surface area (TPSA) is 67.2 Å². The van der Waals surface area contributed by atoms with Crippen molar-refractivity contribution in [1.82, 2.24) is 20.0 Å². The zero-order valence-corrected chi connectivity index (χ0v) is 16.5. The number of halogens is 1. The molecule has 2 aliphatic rings. The lowest BCUT2D eigenvalue weighted by Gasteiger charge is -2.36. The molecule has 27 heavy (non-hydrogen) atoms. The summed E-state index contributed by atoms with van der Waals surface area (Å²) >= 11 is 6.31. The van der Waals surface area contributed by atoms with Crippen LogP contribution < -0.4 is 10.7 Å². The van der Waals surface area contributed by atoms with Crippen molar-refractivity contribution >= 4 is 28.4 Å². The zero-order valence-electron chi connectivity index (χ0n) is 15.7.